The largest absolute Gasteiger partial charge is 0.402 e. The first-order chi connectivity index (χ1) is 17.8. The topological polar surface area (TPSA) is 136 Å². The van der Waals surface area contributed by atoms with Crippen molar-refractivity contribution < 1.29 is 9.59 Å². The minimum Gasteiger partial charge on any atom is -0.402 e. The molecule has 9 heteroatoms. The summed E-state index contributed by atoms with van der Waals surface area (Å²) in [5, 5.41) is 15.2. The van der Waals surface area contributed by atoms with Gasteiger partial charge in [0.25, 0.3) is 0 Å². The average molecular weight is 519 g/mol. The fraction of sp³-hybridized carbons (Fsp3) is 0.286. The number of hydrogen-bond acceptors (Lipinski definition) is 7. The van der Waals surface area contributed by atoms with Crippen molar-refractivity contribution in [3.63, 3.8) is 0 Å². The van der Waals surface area contributed by atoms with Crippen LogP contribution in [0.25, 0.3) is 0 Å². The second-order valence-electron chi connectivity index (χ2n) is 8.81. The van der Waals surface area contributed by atoms with E-state index < -0.39 is 0 Å². The number of hydrogen-bond donors (Lipinski definition) is 4. The third kappa shape index (κ3) is 8.88. The summed E-state index contributed by atoms with van der Waals surface area (Å²) in [4.78, 5) is 24.9. The Morgan fingerprint density at radius 1 is 0.865 bits per heavy atom. The molecule has 194 valence electrons. The second-order valence-corrected chi connectivity index (χ2v) is 9.88. The molecule has 6 N–H and O–H groups in total. The lowest BCUT2D eigenvalue weighted by molar-refractivity contribution is -0.121. The summed E-state index contributed by atoms with van der Waals surface area (Å²) >= 11 is 1.39. The number of allylic oxidation sites excluding steroid dienone is 3. The van der Waals surface area contributed by atoms with E-state index in [2.05, 4.69) is 20.8 Å². The van der Waals surface area contributed by atoms with Crippen LogP contribution < -0.4 is 22.1 Å². The van der Waals surface area contributed by atoms with Crippen LogP contribution in [0, 0.1) is 0 Å². The number of carbonyl (C=O) groups is 2. The molecule has 8 nitrogen and oxygen atoms in total. The van der Waals surface area contributed by atoms with Crippen LogP contribution in [0.15, 0.2) is 84.3 Å². The predicted octanol–water partition coefficient (Wildman–Crippen LogP) is 4.56. The molecule has 37 heavy (non-hydrogen) atoms. The zero-order valence-electron chi connectivity index (χ0n) is 21.2. The number of carbonyl (C=O) groups excluding carboxylic acids is 2. The third-order valence-corrected chi connectivity index (χ3v) is 6.83. The standard InChI is InChI=1S/C28H34N6O2S/c1-19(21-11-5-3-6-12-21)26(35)31-24(30)18-17-23(29)15-9-10-16-25-33-34-28(37-25)32-27(36)20(2)22-13-7-4-8-14-22/h3-8,11-14,17-20H,9-10,15-16,29-30H2,1-2H3,(H,31,35)(H,32,34,36)/b23-17-,24-18+. The molecular formula is C28H34N6O2S. The van der Waals surface area contributed by atoms with Crippen molar-refractivity contribution >= 4 is 28.3 Å². The van der Waals surface area contributed by atoms with Gasteiger partial charge in [-0.3, -0.25) is 9.59 Å². The van der Waals surface area contributed by atoms with Crippen LogP contribution in [0.5, 0.6) is 0 Å². The Bertz CT molecular complexity index is 1220. The molecule has 2 amide bonds. The third-order valence-electron chi connectivity index (χ3n) is 5.93. The number of nitrogens with zero attached hydrogens (tertiary/aromatic N) is 2. The lowest BCUT2D eigenvalue weighted by Crippen LogP contribution is -2.31. The summed E-state index contributed by atoms with van der Waals surface area (Å²) in [6, 6.07) is 19.2. The lowest BCUT2D eigenvalue weighted by atomic mass is 10.0. The first kappa shape index (κ1) is 27.6. The van der Waals surface area contributed by atoms with E-state index in [0.29, 0.717) is 17.2 Å². The van der Waals surface area contributed by atoms with Crippen LogP contribution in [0.2, 0.25) is 0 Å². The molecule has 0 radical (unpaired) electrons. The normalized spacial score (nSPS) is 13.6. The Kier molecular flexibility index (Phi) is 10.4. The van der Waals surface area contributed by atoms with Crippen LogP contribution in [0.4, 0.5) is 5.13 Å². The van der Waals surface area contributed by atoms with Gasteiger partial charge in [-0.25, -0.2) is 0 Å². The molecule has 2 unspecified atom stereocenters. The molecule has 1 heterocycles. The highest BCUT2D eigenvalue weighted by Gasteiger charge is 2.17. The van der Waals surface area contributed by atoms with Gasteiger partial charge < -0.3 is 22.1 Å². The maximum Gasteiger partial charge on any atom is 0.233 e. The maximum atomic E-state index is 12.5. The van der Waals surface area contributed by atoms with E-state index in [1.165, 1.54) is 11.3 Å². The molecule has 0 saturated carbocycles. The van der Waals surface area contributed by atoms with Gasteiger partial charge in [-0.1, -0.05) is 72.0 Å². The Labute approximate surface area is 221 Å². The number of aromatic nitrogens is 2. The van der Waals surface area contributed by atoms with Crippen LogP contribution >= 0.6 is 11.3 Å². The quantitative estimate of drug-likeness (QED) is 0.205. The van der Waals surface area contributed by atoms with Gasteiger partial charge in [0, 0.05) is 12.1 Å². The Hall–Kier alpha value is -3.98. The molecule has 0 spiro atoms. The molecule has 0 aliphatic rings. The van der Waals surface area contributed by atoms with Crippen molar-refractivity contribution in [3.05, 3.63) is 100 Å². The Balaban J connectivity index is 1.38. The number of nitrogens with two attached hydrogens (primary N) is 2. The van der Waals surface area contributed by atoms with Gasteiger partial charge in [-0.2, -0.15) is 0 Å². The SMILES string of the molecule is CC(C(=O)N/C(N)=C/C=C(\N)CCCCc1nnc(NC(=O)C(C)c2ccccc2)s1)c1ccccc1. The molecule has 0 saturated heterocycles. The zero-order chi connectivity index (χ0) is 26.6. The number of nitrogens with one attached hydrogen (secondary N) is 2. The Morgan fingerprint density at radius 2 is 1.46 bits per heavy atom. The molecule has 0 aliphatic carbocycles. The van der Waals surface area contributed by atoms with Gasteiger partial charge in [0.1, 0.15) is 10.8 Å². The summed E-state index contributed by atoms with van der Waals surface area (Å²) in [5.41, 5.74) is 14.6. The van der Waals surface area contributed by atoms with Gasteiger partial charge in [0.15, 0.2) is 0 Å². The molecule has 0 bridgehead atoms. The molecule has 2 atom stereocenters. The Morgan fingerprint density at radius 3 is 2.08 bits per heavy atom. The van der Waals surface area contributed by atoms with Crippen LogP contribution in [0.3, 0.4) is 0 Å². The second kappa shape index (κ2) is 13.9. The zero-order valence-corrected chi connectivity index (χ0v) is 22.0. The number of benzene rings is 2. The summed E-state index contributed by atoms with van der Waals surface area (Å²) in [7, 11) is 0. The van der Waals surface area contributed by atoms with Gasteiger partial charge in [-0.05, 0) is 56.4 Å². The van der Waals surface area contributed by atoms with E-state index in [9.17, 15) is 9.59 Å². The van der Waals surface area contributed by atoms with Crippen LogP contribution in [-0.2, 0) is 16.0 Å². The smallest absolute Gasteiger partial charge is 0.233 e. The fourth-order valence-electron chi connectivity index (χ4n) is 3.58. The van der Waals surface area contributed by atoms with Crippen LogP contribution in [0.1, 0.15) is 61.1 Å². The van der Waals surface area contributed by atoms with Crippen molar-refractivity contribution in [2.45, 2.75) is 51.4 Å². The van der Waals surface area contributed by atoms with E-state index in [4.69, 9.17) is 11.5 Å². The van der Waals surface area contributed by atoms with Crippen molar-refractivity contribution in [2.75, 3.05) is 5.32 Å². The number of rotatable bonds is 12. The van der Waals surface area contributed by atoms with E-state index in [1.807, 2.05) is 74.5 Å². The van der Waals surface area contributed by atoms with Crippen molar-refractivity contribution in [3.8, 4) is 0 Å². The summed E-state index contributed by atoms with van der Waals surface area (Å²) in [5.74, 6) is -0.609. The number of unbranched alkanes of at least 4 members (excludes halogenated alkanes) is 1. The summed E-state index contributed by atoms with van der Waals surface area (Å²) in [6.45, 7) is 3.70. The lowest BCUT2D eigenvalue weighted by Gasteiger charge is -2.12. The molecule has 1 aromatic heterocycles. The van der Waals surface area contributed by atoms with E-state index >= 15 is 0 Å². The number of amides is 2. The first-order valence-corrected chi connectivity index (χ1v) is 13.1. The van der Waals surface area contributed by atoms with Crippen LogP contribution in [-0.4, -0.2) is 22.0 Å². The van der Waals surface area contributed by atoms with Crippen molar-refractivity contribution in [1.29, 1.82) is 0 Å². The fourth-order valence-corrected chi connectivity index (χ4v) is 4.37. The number of aryl methyl sites for hydroxylation is 1. The van der Waals surface area contributed by atoms with Crippen molar-refractivity contribution in [1.82, 2.24) is 15.5 Å². The maximum absolute atomic E-state index is 12.5. The monoisotopic (exact) mass is 518 g/mol. The highest BCUT2D eigenvalue weighted by Crippen LogP contribution is 2.21. The predicted molar refractivity (Wildman–Crippen MR) is 148 cm³/mol. The van der Waals surface area contributed by atoms with Gasteiger partial charge in [-0.15, -0.1) is 10.2 Å². The first-order valence-electron chi connectivity index (χ1n) is 12.3. The van der Waals surface area contributed by atoms with E-state index in [0.717, 1.165) is 35.4 Å². The molecule has 3 rings (SSSR count). The summed E-state index contributed by atoms with van der Waals surface area (Å²) in [6.07, 6.45) is 6.51. The molecule has 0 fully saturated rings. The minimum atomic E-state index is -0.309. The van der Waals surface area contributed by atoms with Gasteiger partial charge >= 0.3 is 0 Å². The molecular weight excluding hydrogens is 484 g/mol. The van der Waals surface area contributed by atoms with E-state index in [-0.39, 0.29) is 29.5 Å². The summed E-state index contributed by atoms with van der Waals surface area (Å²) < 4.78 is 0. The van der Waals surface area contributed by atoms with E-state index in [1.54, 1.807) is 12.2 Å². The average Bonchev–Trinajstić information content (AvgIpc) is 3.37. The highest BCUT2D eigenvalue weighted by molar-refractivity contribution is 7.15. The molecule has 3 aromatic rings. The van der Waals surface area contributed by atoms with Gasteiger partial charge in [0.05, 0.1) is 11.8 Å². The molecule has 2 aromatic carbocycles. The van der Waals surface area contributed by atoms with Gasteiger partial charge in [0.2, 0.25) is 16.9 Å². The molecule has 0 aliphatic heterocycles. The minimum absolute atomic E-state index is 0.107. The number of anilines is 1. The highest BCUT2D eigenvalue weighted by atomic mass is 32.1. The van der Waals surface area contributed by atoms with Crippen molar-refractivity contribution in [2.24, 2.45) is 11.5 Å².